The van der Waals surface area contributed by atoms with Crippen LogP contribution in [0.2, 0.25) is 0 Å². The zero-order chi connectivity index (χ0) is 12.7. The summed E-state index contributed by atoms with van der Waals surface area (Å²) in [7, 11) is 0. The van der Waals surface area contributed by atoms with E-state index in [1.165, 1.54) is 5.56 Å². The number of unbranched alkanes of at least 4 members (excludes halogenated alkanes) is 1. The Morgan fingerprint density at radius 1 is 1.29 bits per heavy atom. The van der Waals surface area contributed by atoms with Crippen LogP contribution < -0.4 is 5.32 Å². The molecule has 1 rings (SSSR count). The number of H-pyrrole nitrogens is 1. The van der Waals surface area contributed by atoms with Crippen LogP contribution in [0.5, 0.6) is 0 Å². The second kappa shape index (κ2) is 7.45. The molecule has 2 N–H and O–H groups in total. The van der Waals surface area contributed by atoms with Crippen molar-refractivity contribution in [1.82, 2.24) is 15.5 Å². The van der Waals surface area contributed by atoms with Crippen LogP contribution in [0.15, 0.2) is 0 Å². The summed E-state index contributed by atoms with van der Waals surface area (Å²) in [6, 6.07) is 0. The van der Waals surface area contributed by atoms with E-state index in [0.29, 0.717) is 6.10 Å². The Labute approximate surface area is 104 Å². The molecule has 0 spiro atoms. The molecule has 17 heavy (non-hydrogen) atoms. The molecule has 0 saturated carbocycles. The van der Waals surface area contributed by atoms with Crippen LogP contribution in [0.4, 0.5) is 0 Å². The zero-order valence-corrected chi connectivity index (χ0v) is 11.5. The van der Waals surface area contributed by atoms with Crippen molar-refractivity contribution in [1.29, 1.82) is 0 Å². The summed E-state index contributed by atoms with van der Waals surface area (Å²) in [4.78, 5) is 0. The third-order valence-corrected chi connectivity index (χ3v) is 2.78. The fraction of sp³-hybridized carbons (Fsp3) is 0.769. The number of ether oxygens (including phenoxy) is 1. The molecule has 0 aliphatic carbocycles. The first-order valence-corrected chi connectivity index (χ1v) is 6.44. The van der Waals surface area contributed by atoms with Gasteiger partial charge in [0.15, 0.2) is 0 Å². The van der Waals surface area contributed by atoms with Gasteiger partial charge in [-0.2, -0.15) is 5.10 Å². The first kappa shape index (κ1) is 14.2. The van der Waals surface area contributed by atoms with Crippen LogP contribution in [-0.4, -0.2) is 29.5 Å². The molecule has 0 radical (unpaired) electrons. The van der Waals surface area contributed by atoms with Crippen LogP contribution in [0.1, 0.15) is 43.6 Å². The molecule has 4 heteroatoms. The molecule has 0 saturated heterocycles. The first-order chi connectivity index (χ1) is 8.11. The van der Waals surface area contributed by atoms with Crippen molar-refractivity contribution in [3.8, 4) is 0 Å². The molecule has 0 bridgehead atoms. The number of hydrogen-bond donors (Lipinski definition) is 2. The van der Waals surface area contributed by atoms with Crippen molar-refractivity contribution in [2.24, 2.45) is 0 Å². The Kier molecular flexibility index (Phi) is 6.22. The lowest BCUT2D eigenvalue weighted by Gasteiger charge is -2.08. The number of rotatable bonds is 8. The Bertz CT molecular complexity index is 301. The zero-order valence-electron chi connectivity index (χ0n) is 11.5. The fourth-order valence-corrected chi connectivity index (χ4v) is 1.72. The van der Waals surface area contributed by atoms with Crippen LogP contribution in [0.25, 0.3) is 0 Å². The highest BCUT2D eigenvalue weighted by Crippen LogP contribution is 2.08. The summed E-state index contributed by atoms with van der Waals surface area (Å²) in [5.41, 5.74) is 3.56. The van der Waals surface area contributed by atoms with Crippen LogP contribution in [0, 0.1) is 13.8 Å². The van der Waals surface area contributed by atoms with Crippen LogP contribution in [-0.2, 0) is 11.3 Å². The average Bonchev–Trinajstić information content (AvgIpc) is 2.58. The van der Waals surface area contributed by atoms with E-state index in [1.807, 2.05) is 6.92 Å². The van der Waals surface area contributed by atoms with Gasteiger partial charge in [0.1, 0.15) is 0 Å². The van der Waals surface area contributed by atoms with Crippen molar-refractivity contribution in [2.45, 2.75) is 53.2 Å². The van der Waals surface area contributed by atoms with Gasteiger partial charge >= 0.3 is 0 Å². The molecular formula is C13H25N3O. The monoisotopic (exact) mass is 239 g/mol. The molecule has 1 heterocycles. The van der Waals surface area contributed by atoms with E-state index in [2.05, 4.69) is 36.3 Å². The van der Waals surface area contributed by atoms with Gasteiger partial charge in [0.25, 0.3) is 0 Å². The number of nitrogens with zero attached hydrogens (tertiary/aromatic N) is 1. The minimum Gasteiger partial charge on any atom is -0.379 e. The van der Waals surface area contributed by atoms with Crippen molar-refractivity contribution in [2.75, 3.05) is 13.2 Å². The summed E-state index contributed by atoms with van der Waals surface area (Å²) < 4.78 is 5.49. The van der Waals surface area contributed by atoms with Crippen molar-refractivity contribution in [3.63, 3.8) is 0 Å². The molecule has 1 aromatic rings. The number of hydrogen-bond acceptors (Lipinski definition) is 3. The molecule has 0 aliphatic heterocycles. The third-order valence-electron chi connectivity index (χ3n) is 2.78. The Hall–Kier alpha value is -0.870. The highest BCUT2D eigenvalue weighted by molar-refractivity contribution is 5.22. The maximum absolute atomic E-state index is 5.49. The van der Waals surface area contributed by atoms with Crippen molar-refractivity contribution < 1.29 is 4.74 Å². The standard InChI is InChI=1S/C13H25N3O/c1-10(2)17-8-6-5-7-14-9-13-11(3)15-16-12(13)4/h10,14H,5-9H2,1-4H3,(H,15,16). The van der Waals surface area contributed by atoms with E-state index < -0.39 is 0 Å². The van der Waals surface area contributed by atoms with E-state index in [1.54, 1.807) is 0 Å². The minimum atomic E-state index is 0.346. The molecule has 98 valence electrons. The summed E-state index contributed by atoms with van der Waals surface area (Å²) in [6.45, 7) is 11.0. The number of nitrogens with one attached hydrogen (secondary N) is 2. The van der Waals surface area contributed by atoms with E-state index in [-0.39, 0.29) is 0 Å². The molecular weight excluding hydrogens is 214 g/mol. The van der Waals surface area contributed by atoms with Crippen molar-refractivity contribution in [3.05, 3.63) is 17.0 Å². The summed E-state index contributed by atoms with van der Waals surface area (Å²) in [5.74, 6) is 0. The number of aromatic nitrogens is 2. The van der Waals surface area contributed by atoms with Crippen LogP contribution in [0.3, 0.4) is 0 Å². The number of aromatic amines is 1. The van der Waals surface area contributed by atoms with Gasteiger partial charge in [0.05, 0.1) is 11.8 Å². The normalized spacial score (nSPS) is 11.4. The molecule has 1 aromatic heterocycles. The topological polar surface area (TPSA) is 49.9 Å². The predicted molar refractivity (Wildman–Crippen MR) is 70.1 cm³/mol. The summed E-state index contributed by atoms with van der Waals surface area (Å²) in [5, 5.41) is 10.6. The Morgan fingerprint density at radius 3 is 2.65 bits per heavy atom. The maximum atomic E-state index is 5.49. The number of aryl methyl sites for hydroxylation is 2. The highest BCUT2D eigenvalue weighted by atomic mass is 16.5. The summed E-state index contributed by atoms with van der Waals surface area (Å²) >= 11 is 0. The minimum absolute atomic E-state index is 0.346. The van der Waals surface area contributed by atoms with Gasteiger partial charge in [-0.25, -0.2) is 0 Å². The third kappa shape index (κ3) is 5.33. The van der Waals surface area contributed by atoms with Gasteiger partial charge in [-0.1, -0.05) is 0 Å². The average molecular weight is 239 g/mol. The Morgan fingerprint density at radius 2 is 2.06 bits per heavy atom. The van der Waals surface area contributed by atoms with E-state index in [0.717, 1.165) is 43.9 Å². The molecule has 0 fully saturated rings. The smallest absolute Gasteiger partial charge is 0.0638 e. The Balaban J connectivity index is 2.05. The second-order valence-corrected chi connectivity index (χ2v) is 4.72. The van der Waals surface area contributed by atoms with Gasteiger partial charge in [-0.3, -0.25) is 5.10 Å². The molecule has 0 aliphatic rings. The molecule has 4 nitrogen and oxygen atoms in total. The molecule has 0 aromatic carbocycles. The predicted octanol–water partition coefficient (Wildman–Crippen LogP) is 2.32. The second-order valence-electron chi connectivity index (χ2n) is 4.72. The van der Waals surface area contributed by atoms with E-state index in [9.17, 15) is 0 Å². The molecule has 0 amide bonds. The lowest BCUT2D eigenvalue weighted by atomic mass is 10.2. The summed E-state index contributed by atoms with van der Waals surface area (Å²) in [6.07, 6.45) is 2.62. The lowest BCUT2D eigenvalue weighted by molar-refractivity contribution is 0.0760. The van der Waals surface area contributed by atoms with E-state index >= 15 is 0 Å². The van der Waals surface area contributed by atoms with Crippen molar-refractivity contribution >= 4 is 0 Å². The van der Waals surface area contributed by atoms with E-state index in [4.69, 9.17) is 4.74 Å². The van der Waals surface area contributed by atoms with Gasteiger partial charge in [-0.15, -0.1) is 0 Å². The van der Waals surface area contributed by atoms with Gasteiger partial charge in [-0.05, 0) is 47.1 Å². The molecule has 0 atom stereocenters. The quantitative estimate of drug-likeness (QED) is 0.684. The molecule has 0 unspecified atom stereocenters. The van der Waals surface area contributed by atoms with Gasteiger partial charge in [0, 0.05) is 24.4 Å². The van der Waals surface area contributed by atoms with Gasteiger partial charge in [0.2, 0.25) is 0 Å². The largest absolute Gasteiger partial charge is 0.379 e. The fourth-order valence-electron chi connectivity index (χ4n) is 1.72. The SMILES string of the molecule is Cc1n[nH]c(C)c1CNCCCCOC(C)C. The van der Waals surface area contributed by atoms with Crippen LogP contribution >= 0.6 is 0 Å². The first-order valence-electron chi connectivity index (χ1n) is 6.44. The maximum Gasteiger partial charge on any atom is 0.0638 e. The highest BCUT2D eigenvalue weighted by Gasteiger charge is 2.04. The van der Waals surface area contributed by atoms with Gasteiger partial charge < -0.3 is 10.1 Å². The lowest BCUT2D eigenvalue weighted by Crippen LogP contribution is -2.16.